The standard InChI is InChI=1S/C23H18N2O4/c1-27-17-6-4-15(5-7-17)11-21-22(26)18-8-9-20-19(23(18)29-21)13-25(14-28-20)16-3-2-10-24-12-16/h2-12H,13-14H2,1H3/b21-11-. The van der Waals surface area contributed by atoms with Crippen LogP contribution < -0.4 is 19.1 Å². The summed E-state index contributed by atoms with van der Waals surface area (Å²) >= 11 is 0. The van der Waals surface area contributed by atoms with Crippen molar-refractivity contribution >= 4 is 17.5 Å². The SMILES string of the molecule is COc1ccc(/C=C2\Oc3c(ccc4c3CN(c3cccnc3)CO4)C2=O)cc1. The third-order valence-electron chi connectivity index (χ3n) is 5.05. The van der Waals surface area contributed by atoms with E-state index in [0.29, 0.717) is 30.3 Å². The zero-order valence-electron chi connectivity index (χ0n) is 15.8. The lowest BCUT2D eigenvalue weighted by atomic mass is 10.0. The zero-order valence-corrected chi connectivity index (χ0v) is 15.8. The van der Waals surface area contributed by atoms with Crippen molar-refractivity contribution in [1.29, 1.82) is 0 Å². The third kappa shape index (κ3) is 3.08. The number of rotatable bonds is 3. The maximum Gasteiger partial charge on any atom is 0.231 e. The van der Waals surface area contributed by atoms with Gasteiger partial charge in [0.15, 0.2) is 12.5 Å². The number of benzene rings is 2. The molecular formula is C23H18N2O4. The van der Waals surface area contributed by atoms with E-state index in [1.807, 2.05) is 42.5 Å². The Morgan fingerprint density at radius 2 is 2.00 bits per heavy atom. The highest BCUT2D eigenvalue weighted by molar-refractivity contribution is 6.15. The van der Waals surface area contributed by atoms with Gasteiger partial charge in [0.1, 0.15) is 17.2 Å². The summed E-state index contributed by atoms with van der Waals surface area (Å²) in [5, 5.41) is 0. The number of carbonyl (C=O) groups is 1. The summed E-state index contributed by atoms with van der Waals surface area (Å²) in [5.41, 5.74) is 3.24. The smallest absolute Gasteiger partial charge is 0.231 e. The summed E-state index contributed by atoms with van der Waals surface area (Å²) in [6.45, 7) is 0.993. The van der Waals surface area contributed by atoms with Crippen LogP contribution in [-0.2, 0) is 6.54 Å². The summed E-state index contributed by atoms with van der Waals surface area (Å²) in [7, 11) is 1.62. The minimum atomic E-state index is -0.128. The normalized spacial score (nSPS) is 16.1. The molecule has 0 saturated heterocycles. The molecule has 0 bridgehead atoms. The molecule has 5 rings (SSSR count). The first-order chi connectivity index (χ1) is 14.2. The Hall–Kier alpha value is -3.80. The minimum absolute atomic E-state index is 0.128. The number of ether oxygens (including phenoxy) is 3. The Kier molecular flexibility index (Phi) is 4.17. The molecular weight excluding hydrogens is 368 g/mol. The molecule has 2 aromatic carbocycles. The van der Waals surface area contributed by atoms with Crippen LogP contribution in [0.1, 0.15) is 21.5 Å². The molecule has 0 atom stereocenters. The average molecular weight is 386 g/mol. The Morgan fingerprint density at radius 3 is 2.76 bits per heavy atom. The van der Waals surface area contributed by atoms with E-state index < -0.39 is 0 Å². The van der Waals surface area contributed by atoms with Crippen LogP contribution in [0.4, 0.5) is 5.69 Å². The summed E-state index contributed by atoms with van der Waals surface area (Å²) in [6, 6.07) is 14.9. The molecule has 0 saturated carbocycles. The second kappa shape index (κ2) is 6.98. The number of Topliss-reactive ketones (excluding diaryl/α,β-unsaturated/α-hetero) is 1. The first-order valence-corrected chi connectivity index (χ1v) is 9.25. The van der Waals surface area contributed by atoms with Crippen LogP contribution in [0, 0.1) is 0 Å². The molecule has 1 aromatic heterocycles. The number of allylic oxidation sites excluding steroid dienone is 1. The lowest BCUT2D eigenvalue weighted by molar-refractivity contribution is 0.101. The minimum Gasteiger partial charge on any atom is -0.497 e. The van der Waals surface area contributed by atoms with Gasteiger partial charge in [-0.2, -0.15) is 0 Å². The number of nitrogens with zero attached hydrogens (tertiary/aromatic N) is 2. The van der Waals surface area contributed by atoms with Gasteiger partial charge in [-0.1, -0.05) is 12.1 Å². The highest BCUT2D eigenvalue weighted by Gasteiger charge is 2.33. The number of methoxy groups -OCH3 is 1. The second-order valence-corrected chi connectivity index (χ2v) is 6.81. The fraction of sp³-hybridized carbons (Fsp3) is 0.130. The Balaban J connectivity index is 1.47. The van der Waals surface area contributed by atoms with Crippen molar-refractivity contribution in [3.05, 3.63) is 83.4 Å². The zero-order chi connectivity index (χ0) is 19.8. The number of hydrogen-bond acceptors (Lipinski definition) is 6. The quantitative estimate of drug-likeness (QED) is 0.633. The van der Waals surface area contributed by atoms with Crippen molar-refractivity contribution in [2.45, 2.75) is 6.54 Å². The van der Waals surface area contributed by atoms with Crippen LogP contribution in [-0.4, -0.2) is 24.6 Å². The van der Waals surface area contributed by atoms with E-state index in [2.05, 4.69) is 9.88 Å². The van der Waals surface area contributed by atoms with Gasteiger partial charge in [-0.15, -0.1) is 0 Å². The van der Waals surface area contributed by atoms with Crippen LogP contribution >= 0.6 is 0 Å². The Bertz CT molecular complexity index is 1110. The van der Waals surface area contributed by atoms with Gasteiger partial charge in [0.05, 0.1) is 36.7 Å². The van der Waals surface area contributed by atoms with Gasteiger partial charge in [0, 0.05) is 6.20 Å². The molecule has 144 valence electrons. The number of anilines is 1. The van der Waals surface area contributed by atoms with Gasteiger partial charge in [-0.05, 0) is 48.0 Å². The first kappa shape index (κ1) is 17.3. The maximum atomic E-state index is 12.9. The highest BCUT2D eigenvalue weighted by atomic mass is 16.5. The van der Waals surface area contributed by atoms with Gasteiger partial charge in [-0.3, -0.25) is 9.78 Å². The fourth-order valence-corrected chi connectivity index (χ4v) is 3.52. The van der Waals surface area contributed by atoms with Gasteiger partial charge in [0.2, 0.25) is 5.78 Å². The molecule has 0 N–H and O–H groups in total. The van der Waals surface area contributed by atoms with Crippen LogP contribution in [0.5, 0.6) is 17.2 Å². The van der Waals surface area contributed by atoms with Crippen molar-refractivity contribution in [2.75, 3.05) is 18.7 Å². The van der Waals surface area contributed by atoms with E-state index in [9.17, 15) is 4.79 Å². The molecule has 3 aromatic rings. The van der Waals surface area contributed by atoms with Crippen molar-refractivity contribution < 1.29 is 19.0 Å². The third-order valence-corrected chi connectivity index (χ3v) is 5.05. The van der Waals surface area contributed by atoms with Gasteiger partial charge < -0.3 is 19.1 Å². The van der Waals surface area contributed by atoms with Gasteiger partial charge >= 0.3 is 0 Å². The van der Waals surface area contributed by atoms with Crippen LogP contribution in [0.3, 0.4) is 0 Å². The largest absolute Gasteiger partial charge is 0.497 e. The van der Waals surface area contributed by atoms with Crippen molar-refractivity contribution in [2.24, 2.45) is 0 Å². The van der Waals surface area contributed by atoms with Gasteiger partial charge in [0.25, 0.3) is 0 Å². The van der Waals surface area contributed by atoms with Crippen LogP contribution in [0.25, 0.3) is 6.08 Å². The second-order valence-electron chi connectivity index (χ2n) is 6.81. The van der Waals surface area contributed by atoms with E-state index in [4.69, 9.17) is 14.2 Å². The molecule has 29 heavy (non-hydrogen) atoms. The lowest BCUT2D eigenvalue weighted by Crippen LogP contribution is -2.32. The molecule has 6 nitrogen and oxygen atoms in total. The number of aromatic nitrogens is 1. The first-order valence-electron chi connectivity index (χ1n) is 9.25. The number of carbonyl (C=O) groups excluding carboxylic acids is 1. The van der Waals surface area contributed by atoms with Crippen molar-refractivity contribution in [3.63, 3.8) is 0 Å². The van der Waals surface area contributed by atoms with E-state index in [1.54, 1.807) is 31.6 Å². The molecule has 3 heterocycles. The van der Waals surface area contributed by atoms with E-state index in [-0.39, 0.29) is 5.78 Å². The molecule has 6 heteroatoms. The van der Waals surface area contributed by atoms with E-state index in [0.717, 1.165) is 28.3 Å². The Labute approximate surface area is 168 Å². The molecule has 0 radical (unpaired) electrons. The van der Waals surface area contributed by atoms with Crippen molar-refractivity contribution in [1.82, 2.24) is 4.98 Å². The van der Waals surface area contributed by atoms with Crippen LogP contribution in [0.15, 0.2) is 66.7 Å². The molecule has 2 aliphatic heterocycles. The molecule has 2 aliphatic rings. The van der Waals surface area contributed by atoms with Gasteiger partial charge in [-0.25, -0.2) is 0 Å². The van der Waals surface area contributed by atoms with Crippen molar-refractivity contribution in [3.8, 4) is 17.2 Å². The fourth-order valence-electron chi connectivity index (χ4n) is 3.52. The molecule has 0 amide bonds. The number of pyridine rings is 1. The average Bonchev–Trinajstić information content (AvgIpc) is 3.10. The molecule has 0 fully saturated rings. The number of fused-ring (bicyclic) bond motifs is 3. The lowest BCUT2D eigenvalue weighted by Gasteiger charge is -2.31. The highest BCUT2D eigenvalue weighted by Crippen LogP contribution is 2.42. The summed E-state index contributed by atoms with van der Waals surface area (Å²) in [5.74, 6) is 2.24. The maximum absolute atomic E-state index is 12.9. The predicted octanol–water partition coefficient (Wildman–Crippen LogP) is 4.06. The van der Waals surface area contributed by atoms with E-state index >= 15 is 0 Å². The summed E-state index contributed by atoms with van der Waals surface area (Å²) in [4.78, 5) is 19.1. The summed E-state index contributed by atoms with van der Waals surface area (Å²) < 4.78 is 17.1. The number of hydrogen-bond donors (Lipinski definition) is 0. The molecule has 0 unspecified atom stereocenters. The topological polar surface area (TPSA) is 60.9 Å². The van der Waals surface area contributed by atoms with E-state index in [1.165, 1.54) is 0 Å². The summed E-state index contributed by atoms with van der Waals surface area (Å²) in [6.07, 6.45) is 5.27. The molecule has 0 aliphatic carbocycles. The Morgan fingerprint density at radius 1 is 1.14 bits per heavy atom. The van der Waals surface area contributed by atoms with Crippen LogP contribution in [0.2, 0.25) is 0 Å². The predicted molar refractivity (Wildman–Crippen MR) is 108 cm³/mol. The number of ketones is 1. The monoisotopic (exact) mass is 386 g/mol. The molecule has 0 spiro atoms.